The molecule has 1 aliphatic carbocycles. The predicted molar refractivity (Wildman–Crippen MR) is 367 cm³/mol. The average Bonchev–Trinajstić information content (AvgIpc) is 1.57. The van der Waals surface area contributed by atoms with Gasteiger partial charge in [0, 0.05) is 124 Å². The molecule has 6 aromatic carbocycles. The van der Waals surface area contributed by atoms with Crippen molar-refractivity contribution in [1.29, 1.82) is 0 Å². The second kappa shape index (κ2) is 25.5. The lowest BCUT2D eigenvalue weighted by molar-refractivity contribution is 0.305. The molecule has 0 unspecified atom stereocenters. The van der Waals surface area contributed by atoms with Crippen LogP contribution in [0.1, 0.15) is 77.1 Å². The molecule has 1 aliphatic rings. The Hall–Kier alpha value is -12.4. The van der Waals surface area contributed by atoms with Gasteiger partial charge >= 0.3 is 0 Å². The van der Waals surface area contributed by atoms with Gasteiger partial charge in [-0.05, 0) is 238 Å². The van der Waals surface area contributed by atoms with Gasteiger partial charge in [-0.3, -0.25) is 19.9 Å². The van der Waals surface area contributed by atoms with E-state index in [9.17, 15) is 0 Å². The predicted octanol–water partition coefficient (Wildman–Crippen LogP) is 16.3. The first-order chi connectivity index (χ1) is 44.8. The summed E-state index contributed by atoms with van der Waals surface area (Å²) in [6, 6.07) is 48.8. The van der Waals surface area contributed by atoms with Crippen LogP contribution in [0, 0.1) is 123 Å². The van der Waals surface area contributed by atoms with Crippen molar-refractivity contribution in [3.63, 3.8) is 0 Å². The number of ether oxygens (including phenoxy) is 2. The van der Waals surface area contributed by atoms with Gasteiger partial charge in [0.2, 0.25) is 0 Å². The highest BCUT2D eigenvalue weighted by Gasteiger charge is 2.47. The largest absolute Gasteiger partial charge is 0.494 e. The van der Waals surface area contributed by atoms with Crippen molar-refractivity contribution in [2.75, 3.05) is 6.61 Å². The highest BCUT2D eigenvalue weighted by molar-refractivity contribution is 6.09. The van der Waals surface area contributed by atoms with Gasteiger partial charge in [0.25, 0.3) is 0 Å². The molecule has 0 spiro atoms. The highest BCUT2D eigenvalue weighted by atomic mass is 16.5. The summed E-state index contributed by atoms with van der Waals surface area (Å²) >= 11 is 0. The van der Waals surface area contributed by atoms with Crippen molar-refractivity contribution in [2.45, 2.75) is 65.7 Å². The number of hydrogen-bond donors (Lipinski definition) is 0. The maximum absolute atomic E-state index is 6.46. The number of pyridine rings is 4. The number of nitrogens with zero attached hydrogens (tertiary/aromatic N) is 6. The van der Waals surface area contributed by atoms with E-state index in [0.29, 0.717) is 12.4 Å². The van der Waals surface area contributed by atoms with Crippen LogP contribution in [-0.2, 0) is 5.41 Å². The van der Waals surface area contributed by atoms with Crippen molar-refractivity contribution >= 4 is 43.6 Å². The van der Waals surface area contributed by atoms with Crippen LogP contribution in [0.3, 0.4) is 0 Å². The van der Waals surface area contributed by atoms with Crippen LogP contribution >= 0.6 is 0 Å². The molecule has 13 rings (SSSR count). The SMILES string of the molecule is C#CC#CC#CC#CC#CC#CC#CC#COc1ccc(C2(c3ccc(OCCCCCC)cc3)c3cc(-c4c(C)cc(-n5c6ccncc6c6cnccc65)cc4C)ccc3-c3ccc(-c4c(C)cc(-n5c6ccncc6c6cnccc65)cc4C)cc32)cc1. The molecule has 0 N–H and O–H groups in total. The summed E-state index contributed by atoms with van der Waals surface area (Å²) in [5.41, 5.74) is 21.7. The lowest BCUT2D eigenvalue weighted by atomic mass is 9.67. The molecule has 430 valence electrons. The summed E-state index contributed by atoms with van der Waals surface area (Å²) in [4.78, 5) is 18.0. The number of rotatable bonds is 13. The first kappa shape index (κ1) is 57.7. The minimum Gasteiger partial charge on any atom is -0.494 e. The minimum atomic E-state index is -0.844. The maximum Gasteiger partial charge on any atom is 0.140 e. The Bertz CT molecular complexity index is 5090. The van der Waals surface area contributed by atoms with E-state index in [4.69, 9.17) is 15.9 Å². The summed E-state index contributed by atoms with van der Waals surface area (Å²) < 4.78 is 17.1. The molecule has 0 radical (unpaired) electrons. The first-order valence-corrected chi connectivity index (χ1v) is 30.1. The molecule has 91 heavy (non-hydrogen) atoms. The fourth-order valence-electron chi connectivity index (χ4n) is 13.2. The molecular weight excluding hydrogens is 1110 g/mol. The lowest BCUT2D eigenvalue weighted by Gasteiger charge is -2.34. The number of benzene rings is 6. The minimum absolute atomic E-state index is 0.564. The van der Waals surface area contributed by atoms with Gasteiger partial charge in [-0.1, -0.05) is 74.7 Å². The molecule has 0 amide bonds. The molecule has 0 aliphatic heterocycles. The second-order valence-electron chi connectivity index (χ2n) is 22.4. The van der Waals surface area contributed by atoms with Crippen molar-refractivity contribution in [2.24, 2.45) is 0 Å². The molecule has 0 fully saturated rings. The lowest BCUT2D eigenvalue weighted by Crippen LogP contribution is -2.28. The van der Waals surface area contributed by atoms with E-state index in [2.05, 4.69) is 274 Å². The molecule has 0 atom stereocenters. The van der Waals surface area contributed by atoms with Crippen LogP contribution in [0.4, 0.5) is 0 Å². The van der Waals surface area contributed by atoms with Crippen molar-refractivity contribution in [3.8, 4) is 152 Å². The third kappa shape index (κ3) is 10.9. The summed E-state index contributed by atoms with van der Waals surface area (Å²) in [7, 11) is 0. The van der Waals surface area contributed by atoms with Crippen LogP contribution in [0.5, 0.6) is 11.5 Å². The van der Waals surface area contributed by atoms with E-state index in [1.807, 2.05) is 61.7 Å². The van der Waals surface area contributed by atoms with Crippen LogP contribution in [0.2, 0.25) is 0 Å². The Morgan fingerprint density at radius 1 is 0.418 bits per heavy atom. The summed E-state index contributed by atoms with van der Waals surface area (Å²) in [5.74, 6) is 37.4. The van der Waals surface area contributed by atoms with Gasteiger partial charge < -0.3 is 18.6 Å². The van der Waals surface area contributed by atoms with Gasteiger partial charge in [0.15, 0.2) is 0 Å². The Morgan fingerprint density at radius 3 is 1.20 bits per heavy atom. The van der Waals surface area contributed by atoms with E-state index in [1.54, 1.807) is 0 Å². The van der Waals surface area contributed by atoms with Crippen LogP contribution in [-0.4, -0.2) is 35.7 Å². The third-order valence-electron chi connectivity index (χ3n) is 16.9. The summed E-state index contributed by atoms with van der Waals surface area (Å²) in [6.07, 6.45) is 27.5. The molecule has 12 aromatic rings. The maximum atomic E-state index is 6.46. The van der Waals surface area contributed by atoms with Crippen molar-refractivity contribution in [1.82, 2.24) is 29.1 Å². The summed E-state index contributed by atoms with van der Waals surface area (Å²) in [6.45, 7) is 11.8. The Kier molecular flexibility index (Phi) is 16.2. The third-order valence-corrected chi connectivity index (χ3v) is 16.9. The topological polar surface area (TPSA) is 79.9 Å². The molecular formula is C83H56N6O2. The monoisotopic (exact) mass is 1170 g/mol. The number of unbranched alkanes of at least 4 members (excludes halogenated alkanes) is 3. The normalized spacial score (nSPS) is 11.3. The van der Waals surface area contributed by atoms with E-state index in [1.165, 1.54) is 24.0 Å². The van der Waals surface area contributed by atoms with E-state index >= 15 is 0 Å². The van der Waals surface area contributed by atoms with E-state index in [0.717, 1.165) is 140 Å². The fraction of sp³-hybridized carbons (Fsp3) is 0.133. The Labute approximate surface area is 530 Å². The van der Waals surface area contributed by atoms with Crippen LogP contribution in [0.25, 0.3) is 88.4 Å². The smallest absolute Gasteiger partial charge is 0.140 e. The Morgan fingerprint density at radius 2 is 0.802 bits per heavy atom. The quantitative estimate of drug-likeness (QED) is 0.0845. The molecule has 0 bridgehead atoms. The van der Waals surface area contributed by atoms with Crippen LogP contribution < -0.4 is 9.47 Å². The Balaban J connectivity index is 0.946. The first-order valence-electron chi connectivity index (χ1n) is 30.1. The van der Waals surface area contributed by atoms with Gasteiger partial charge in [-0.2, -0.15) is 0 Å². The summed E-state index contributed by atoms with van der Waals surface area (Å²) in [5, 5.41) is 4.25. The van der Waals surface area contributed by atoms with Gasteiger partial charge in [-0.15, -0.1) is 6.42 Å². The molecule has 6 heterocycles. The van der Waals surface area contributed by atoms with E-state index in [-0.39, 0.29) is 0 Å². The zero-order valence-corrected chi connectivity index (χ0v) is 50.9. The number of terminal acetylenes is 1. The van der Waals surface area contributed by atoms with Gasteiger partial charge in [-0.25, -0.2) is 0 Å². The van der Waals surface area contributed by atoms with Crippen molar-refractivity contribution in [3.05, 3.63) is 228 Å². The standard InChI is InChI=1S/C83H56N6O2/c1-7-9-11-13-14-15-16-17-18-19-20-21-22-24-46-91-68-33-29-64(30-34-68)83(63-27-31-67(32-28-63)90-45-23-12-10-8-2)75-51-61(81-57(3)47-65(48-58(81)4)88-77-37-41-84-53-71(77)72-54-85-42-38-78(72)88)25-35-69(75)70-36-26-62(52-76(70)83)82-59(5)49-66(50-60(82)6)89-79-39-43-86-55-73(79)74-56-87-44-40-80(74)89/h1,25-44,47-56H,8,10,12,23,45H2,2-6H3. The molecule has 6 aromatic heterocycles. The number of aromatic nitrogens is 6. The molecule has 0 saturated heterocycles. The average molecular weight is 1170 g/mol. The van der Waals surface area contributed by atoms with Gasteiger partial charge in [0.1, 0.15) is 17.6 Å². The fourth-order valence-corrected chi connectivity index (χ4v) is 13.2. The number of fused-ring (bicyclic) bond motifs is 9. The van der Waals surface area contributed by atoms with Crippen LogP contribution in [0.15, 0.2) is 183 Å². The van der Waals surface area contributed by atoms with E-state index < -0.39 is 5.41 Å². The highest BCUT2D eigenvalue weighted by Crippen LogP contribution is 2.58. The molecule has 8 heteroatoms. The number of hydrogen-bond acceptors (Lipinski definition) is 6. The zero-order chi connectivity index (χ0) is 62.3. The molecule has 8 nitrogen and oxygen atoms in total. The number of aryl methyl sites for hydroxylation is 4. The second-order valence-corrected chi connectivity index (χ2v) is 22.4. The molecule has 0 saturated carbocycles. The zero-order valence-electron chi connectivity index (χ0n) is 50.9. The van der Waals surface area contributed by atoms with Crippen molar-refractivity contribution < 1.29 is 9.47 Å². The van der Waals surface area contributed by atoms with Gasteiger partial charge in [0.05, 0.1) is 34.1 Å².